The molecule has 0 N–H and O–H groups in total. The molecule has 0 aliphatic carbocycles. The molecule has 0 bridgehead atoms. The summed E-state index contributed by atoms with van der Waals surface area (Å²) in [5, 5.41) is 5.49. The first-order valence-corrected chi connectivity index (χ1v) is 10.9. The molecule has 1 aliphatic rings. The van der Waals surface area contributed by atoms with Gasteiger partial charge in [0.05, 0.1) is 12.0 Å². The third-order valence-electron chi connectivity index (χ3n) is 5.80. The molecule has 0 spiro atoms. The minimum atomic E-state index is 0.265. The van der Waals surface area contributed by atoms with Gasteiger partial charge in [-0.25, -0.2) is 14.6 Å². The van der Waals surface area contributed by atoms with Gasteiger partial charge in [0.15, 0.2) is 5.82 Å². The van der Waals surface area contributed by atoms with Crippen molar-refractivity contribution in [1.82, 2.24) is 24.3 Å². The quantitative estimate of drug-likeness (QED) is 0.410. The highest BCUT2D eigenvalue weighted by Gasteiger charge is 2.25. The monoisotopic (exact) mass is 429 g/mol. The van der Waals surface area contributed by atoms with Crippen molar-refractivity contribution in [3.63, 3.8) is 0 Å². The molecule has 0 saturated carbocycles. The van der Waals surface area contributed by atoms with Crippen LogP contribution in [0.3, 0.4) is 0 Å². The van der Waals surface area contributed by atoms with Gasteiger partial charge in [-0.05, 0) is 73.7 Å². The summed E-state index contributed by atoms with van der Waals surface area (Å²) in [6.45, 7) is 5.03. The Morgan fingerprint density at radius 3 is 2.65 bits per heavy atom. The fourth-order valence-corrected chi connectivity index (χ4v) is 4.37. The van der Waals surface area contributed by atoms with Gasteiger partial charge in [-0.2, -0.15) is 5.10 Å². The maximum Gasteiger partial charge on any atom is 0.174 e. The van der Waals surface area contributed by atoms with Crippen LogP contribution in [0.5, 0.6) is 0 Å². The Bertz CT molecular complexity index is 1250. The Kier molecular flexibility index (Phi) is 5.20. The minimum absolute atomic E-state index is 0.265. The highest BCUT2D eigenvalue weighted by atomic mass is 35.5. The number of aromatic nitrogens is 5. The molecule has 0 amide bonds. The molecule has 2 aromatic heterocycles. The fourth-order valence-electron chi connectivity index (χ4n) is 4.25. The lowest BCUT2D eigenvalue weighted by atomic mass is 9.91. The molecular formula is C25H24ClN5. The van der Waals surface area contributed by atoms with Crippen molar-refractivity contribution in [1.29, 1.82) is 0 Å². The number of fused-ring (bicyclic) bond motifs is 1. The van der Waals surface area contributed by atoms with E-state index in [1.165, 1.54) is 11.1 Å². The zero-order valence-corrected chi connectivity index (χ0v) is 18.4. The van der Waals surface area contributed by atoms with E-state index in [4.69, 9.17) is 21.7 Å². The van der Waals surface area contributed by atoms with Crippen molar-refractivity contribution >= 4 is 23.8 Å². The van der Waals surface area contributed by atoms with Crippen molar-refractivity contribution in [2.45, 2.75) is 39.2 Å². The smallest absolute Gasteiger partial charge is 0.174 e. The van der Waals surface area contributed by atoms with Gasteiger partial charge in [-0.3, -0.25) is 0 Å². The van der Waals surface area contributed by atoms with E-state index in [9.17, 15) is 0 Å². The Morgan fingerprint density at radius 1 is 1.06 bits per heavy atom. The largest absolute Gasteiger partial charge is 0.306 e. The molecule has 6 heteroatoms. The summed E-state index contributed by atoms with van der Waals surface area (Å²) in [5.74, 6) is 2.05. The molecular weight excluding hydrogens is 406 g/mol. The molecule has 0 fully saturated rings. The standard InChI is InChI=1S/C25H24ClN5/c1-17-14-19(5-11-23(17)30-15-18(2)27-16-30)6-12-24-28-25-22(4-3-13-31(25)29-24)20-7-9-21(26)10-8-20/h5-12,14-16,22H,3-4,13H2,1-2H3/b12-6+/t22-/m0/s1. The maximum absolute atomic E-state index is 6.06. The molecule has 0 radical (unpaired) electrons. The zero-order chi connectivity index (χ0) is 21.4. The summed E-state index contributed by atoms with van der Waals surface area (Å²) in [7, 11) is 0. The van der Waals surface area contributed by atoms with Crippen LogP contribution >= 0.6 is 11.6 Å². The third kappa shape index (κ3) is 4.06. The average Bonchev–Trinajstić information content (AvgIpc) is 3.38. The number of hydrogen-bond donors (Lipinski definition) is 0. The predicted molar refractivity (Wildman–Crippen MR) is 125 cm³/mol. The van der Waals surface area contributed by atoms with Gasteiger partial charge in [-0.15, -0.1) is 0 Å². The van der Waals surface area contributed by atoms with E-state index in [0.717, 1.165) is 53.0 Å². The van der Waals surface area contributed by atoms with E-state index in [1.54, 1.807) is 0 Å². The molecule has 1 atom stereocenters. The van der Waals surface area contributed by atoms with Crippen LogP contribution in [0, 0.1) is 13.8 Å². The van der Waals surface area contributed by atoms with Crippen LogP contribution < -0.4 is 0 Å². The summed E-state index contributed by atoms with van der Waals surface area (Å²) in [6.07, 6.45) is 10.1. The van der Waals surface area contributed by atoms with Gasteiger partial charge < -0.3 is 4.57 Å². The van der Waals surface area contributed by atoms with Crippen molar-refractivity contribution in [2.24, 2.45) is 0 Å². The average molecular weight is 430 g/mol. The molecule has 156 valence electrons. The fraction of sp³-hybridized carbons (Fsp3) is 0.240. The number of benzene rings is 2. The first-order valence-electron chi connectivity index (χ1n) is 10.6. The lowest BCUT2D eigenvalue weighted by molar-refractivity contribution is 0.445. The second-order valence-corrected chi connectivity index (χ2v) is 8.54. The van der Waals surface area contributed by atoms with E-state index in [0.29, 0.717) is 0 Å². The highest BCUT2D eigenvalue weighted by molar-refractivity contribution is 6.30. The topological polar surface area (TPSA) is 48.5 Å². The normalized spacial score (nSPS) is 16.0. The third-order valence-corrected chi connectivity index (χ3v) is 6.05. The minimum Gasteiger partial charge on any atom is -0.306 e. The van der Waals surface area contributed by atoms with Gasteiger partial charge in [0, 0.05) is 29.4 Å². The number of hydrogen-bond acceptors (Lipinski definition) is 3. The van der Waals surface area contributed by atoms with Crippen LogP contribution in [-0.4, -0.2) is 24.3 Å². The van der Waals surface area contributed by atoms with Gasteiger partial charge in [-0.1, -0.05) is 35.9 Å². The van der Waals surface area contributed by atoms with Crippen LogP contribution in [0.1, 0.15) is 52.8 Å². The van der Waals surface area contributed by atoms with Crippen LogP contribution in [0.2, 0.25) is 5.02 Å². The molecule has 5 nitrogen and oxygen atoms in total. The Labute approximate surface area is 187 Å². The van der Waals surface area contributed by atoms with Crippen molar-refractivity contribution in [2.75, 3.05) is 0 Å². The predicted octanol–water partition coefficient (Wildman–Crippen LogP) is 5.83. The van der Waals surface area contributed by atoms with Crippen LogP contribution in [-0.2, 0) is 6.54 Å². The molecule has 3 heterocycles. The Morgan fingerprint density at radius 2 is 1.90 bits per heavy atom. The summed E-state index contributed by atoms with van der Waals surface area (Å²) < 4.78 is 4.11. The lowest BCUT2D eigenvalue weighted by Gasteiger charge is -2.22. The lowest BCUT2D eigenvalue weighted by Crippen LogP contribution is -2.17. The van der Waals surface area contributed by atoms with Crippen molar-refractivity contribution in [3.8, 4) is 5.69 Å². The van der Waals surface area contributed by atoms with Crippen LogP contribution in [0.15, 0.2) is 55.0 Å². The van der Waals surface area contributed by atoms with Crippen LogP contribution in [0.25, 0.3) is 17.8 Å². The summed E-state index contributed by atoms with van der Waals surface area (Å²) >= 11 is 6.06. The van der Waals surface area contributed by atoms with Crippen molar-refractivity contribution in [3.05, 3.63) is 94.0 Å². The molecule has 31 heavy (non-hydrogen) atoms. The zero-order valence-electron chi connectivity index (χ0n) is 17.7. The first kappa shape index (κ1) is 19.8. The Balaban J connectivity index is 1.38. The summed E-state index contributed by atoms with van der Waals surface area (Å²) in [4.78, 5) is 9.18. The van der Waals surface area contributed by atoms with E-state index < -0.39 is 0 Å². The number of rotatable bonds is 4. The Hall–Kier alpha value is -3.18. The van der Waals surface area contributed by atoms with E-state index in [1.807, 2.05) is 37.7 Å². The number of aryl methyl sites for hydroxylation is 3. The number of nitrogens with zero attached hydrogens (tertiary/aromatic N) is 5. The SMILES string of the molecule is Cc1cn(-c2ccc(/C=C/c3nc4n(n3)CCC[C@H]4c3ccc(Cl)cc3)cc2C)cn1. The molecule has 5 rings (SSSR count). The van der Waals surface area contributed by atoms with E-state index >= 15 is 0 Å². The van der Waals surface area contributed by atoms with Gasteiger partial charge >= 0.3 is 0 Å². The number of imidazole rings is 1. The molecule has 0 unspecified atom stereocenters. The summed E-state index contributed by atoms with van der Waals surface area (Å²) in [5.41, 5.74) is 5.71. The van der Waals surface area contributed by atoms with Crippen molar-refractivity contribution < 1.29 is 0 Å². The highest BCUT2D eigenvalue weighted by Crippen LogP contribution is 2.32. The maximum atomic E-state index is 6.06. The molecule has 2 aromatic carbocycles. The van der Waals surface area contributed by atoms with Gasteiger partial charge in [0.1, 0.15) is 5.82 Å². The molecule has 4 aromatic rings. The van der Waals surface area contributed by atoms with Crippen LogP contribution in [0.4, 0.5) is 0 Å². The van der Waals surface area contributed by atoms with E-state index in [-0.39, 0.29) is 5.92 Å². The number of halogens is 1. The van der Waals surface area contributed by atoms with E-state index in [2.05, 4.69) is 57.6 Å². The molecule has 0 saturated heterocycles. The summed E-state index contributed by atoms with van der Waals surface area (Å²) in [6, 6.07) is 14.5. The first-order chi connectivity index (χ1) is 15.1. The van der Waals surface area contributed by atoms with Gasteiger partial charge in [0.25, 0.3) is 0 Å². The second kappa shape index (κ2) is 8.16. The molecule has 1 aliphatic heterocycles. The second-order valence-electron chi connectivity index (χ2n) is 8.10. The van der Waals surface area contributed by atoms with Gasteiger partial charge in [0.2, 0.25) is 0 Å².